The number of benzene rings is 1. The maximum atomic E-state index is 12.9. The Morgan fingerprint density at radius 2 is 2.17 bits per heavy atom. The van der Waals surface area contributed by atoms with Crippen molar-refractivity contribution in [1.29, 1.82) is 0 Å². The van der Waals surface area contributed by atoms with Gasteiger partial charge in [-0.15, -0.1) is 0 Å². The highest BCUT2D eigenvalue weighted by atomic mass is 35.5. The Morgan fingerprint density at radius 3 is 2.87 bits per heavy atom. The maximum Gasteiger partial charge on any atom is 0.312 e. The van der Waals surface area contributed by atoms with E-state index < -0.39 is 17.4 Å². The minimum absolute atomic E-state index is 0.0998. The number of halogens is 1. The maximum absolute atomic E-state index is 12.9. The third-order valence-corrected chi connectivity index (χ3v) is 5.05. The molecule has 1 spiro atoms. The fourth-order valence-electron chi connectivity index (χ4n) is 3.85. The van der Waals surface area contributed by atoms with Crippen molar-refractivity contribution in [3.8, 4) is 0 Å². The lowest BCUT2D eigenvalue weighted by Gasteiger charge is -2.22. The highest BCUT2D eigenvalue weighted by Gasteiger charge is 2.67. The topological polar surface area (TPSA) is 55.8 Å². The van der Waals surface area contributed by atoms with Gasteiger partial charge in [-0.2, -0.15) is 0 Å². The van der Waals surface area contributed by atoms with Crippen LogP contribution in [-0.2, 0) is 19.1 Å². The molecule has 3 aliphatic rings. The van der Waals surface area contributed by atoms with E-state index in [-0.39, 0.29) is 18.0 Å². The largest absolute Gasteiger partial charge is 0.466 e. The zero-order chi connectivity index (χ0) is 16.2. The molecular weight excluding hydrogens is 318 g/mol. The Labute approximate surface area is 138 Å². The highest BCUT2D eigenvalue weighted by Crippen LogP contribution is 2.52. The van der Waals surface area contributed by atoms with E-state index in [0.717, 1.165) is 5.69 Å². The van der Waals surface area contributed by atoms with Crippen molar-refractivity contribution >= 4 is 29.2 Å². The second-order valence-corrected chi connectivity index (χ2v) is 6.49. The minimum Gasteiger partial charge on any atom is -0.466 e. The zero-order valence-corrected chi connectivity index (χ0v) is 13.3. The molecule has 120 valence electrons. The number of fused-ring (bicyclic) bond motifs is 1. The van der Waals surface area contributed by atoms with Gasteiger partial charge < -0.3 is 14.4 Å². The number of carbonyl (C=O) groups excluding carboxylic acids is 2. The van der Waals surface area contributed by atoms with Gasteiger partial charge in [-0.25, -0.2) is 0 Å². The van der Waals surface area contributed by atoms with Gasteiger partial charge in [-0.1, -0.05) is 23.8 Å². The third-order valence-electron chi connectivity index (χ3n) is 4.80. The second-order valence-electron chi connectivity index (χ2n) is 6.05. The molecule has 6 heteroatoms. The van der Waals surface area contributed by atoms with Crippen LogP contribution in [-0.4, -0.2) is 36.7 Å². The molecule has 1 aromatic carbocycles. The van der Waals surface area contributed by atoms with Gasteiger partial charge in [-0.3, -0.25) is 9.59 Å². The lowest BCUT2D eigenvalue weighted by molar-refractivity contribution is -0.151. The monoisotopic (exact) mass is 333 g/mol. The molecular formula is C17H16ClNO4. The molecule has 2 fully saturated rings. The number of hydrogen-bond donors (Lipinski definition) is 0. The second kappa shape index (κ2) is 5.08. The number of esters is 1. The predicted molar refractivity (Wildman–Crippen MR) is 84.2 cm³/mol. The fraction of sp³-hybridized carbons (Fsp3) is 0.412. The summed E-state index contributed by atoms with van der Waals surface area (Å²) in [5, 5.41) is 0.611. The summed E-state index contributed by atoms with van der Waals surface area (Å²) in [4.78, 5) is 26.9. The summed E-state index contributed by atoms with van der Waals surface area (Å²) in [7, 11) is 0. The quantitative estimate of drug-likeness (QED) is 0.628. The Kier molecular flexibility index (Phi) is 3.25. The van der Waals surface area contributed by atoms with Crippen molar-refractivity contribution in [2.75, 3.05) is 18.1 Å². The first kappa shape index (κ1) is 14.7. The van der Waals surface area contributed by atoms with Gasteiger partial charge in [0.1, 0.15) is 11.5 Å². The summed E-state index contributed by atoms with van der Waals surface area (Å²) >= 11 is 5.91. The van der Waals surface area contributed by atoms with Gasteiger partial charge >= 0.3 is 5.97 Å². The van der Waals surface area contributed by atoms with Crippen molar-refractivity contribution in [3.63, 3.8) is 0 Å². The first-order valence-corrected chi connectivity index (χ1v) is 8.04. The van der Waals surface area contributed by atoms with Gasteiger partial charge in [0.25, 0.3) is 0 Å². The number of ether oxygens (including phenoxy) is 2. The van der Waals surface area contributed by atoms with Crippen LogP contribution in [0.25, 0.3) is 0 Å². The molecule has 0 aromatic heterocycles. The first-order chi connectivity index (χ1) is 11.1. The predicted octanol–water partition coefficient (Wildman–Crippen LogP) is 2.19. The SMILES string of the molecule is CCOC(=O)[C@@H]1[C@H]2C(=O)N(c3ccc(Cl)cc3)C[C@@]23C=C[C@H]1O3. The lowest BCUT2D eigenvalue weighted by atomic mass is 9.77. The average Bonchev–Trinajstić information content (AvgIpc) is 3.17. The van der Waals surface area contributed by atoms with E-state index >= 15 is 0 Å². The van der Waals surface area contributed by atoms with E-state index in [0.29, 0.717) is 18.2 Å². The molecule has 0 N–H and O–H groups in total. The molecule has 4 rings (SSSR count). The zero-order valence-electron chi connectivity index (χ0n) is 12.6. The number of amides is 1. The summed E-state index contributed by atoms with van der Waals surface area (Å²) in [5.41, 5.74) is 0.0324. The fourth-order valence-corrected chi connectivity index (χ4v) is 3.97. The Bertz CT molecular complexity index is 701. The molecule has 0 radical (unpaired) electrons. The van der Waals surface area contributed by atoms with E-state index in [1.807, 2.05) is 12.2 Å². The summed E-state index contributed by atoms with van der Waals surface area (Å²) in [5.74, 6) is -1.55. The van der Waals surface area contributed by atoms with Crippen molar-refractivity contribution in [1.82, 2.24) is 0 Å². The Hall–Kier alpha value is -1.85. The van der Waals surface area contributed by atoms with E-state index in [2.05, 4.69) is 0 Å². The summed E-state index contributed by atoms with van der Waals surface area (Å²) in [6, 6.07) is 7.08. The molecule has 0 saturated carbocycles. The van der Waals surface area contributed by atoms with Crippen molar-refractivity contribution in [2.45, 2.75) is 18.6 Å². The Morgan fingerprint density at radius 1 is 1.43 bits per heavy atom. The van der Waals surface area contributed by atoms with Gasteiger partial charge in [0.15, 0.2) is 0 Å². The van der Waals surface area contributed by atoms with Gasteiger partial charge in [0, 0.05) is 10.7 Å². The molecule has 3 heterocycles. The van der Waals surface area contributed by atoms with Crippen LogP contribution >= 0.6 is 11.6 Å². The van der Waals surface area contributed by atoms with Crippen LogP contribution in [0.4, 0.5) is 5.69 Å². The number of hydrogen-bond acceptors (Lipinski definition) is 4. The molecule has 1 amide bonds. The molecule has 0 aliphatic carbocycles. The number of anilines is 1. The van der Waals surface area contributed by atoms with Gasteiger partial charge in [0.05, 0.1) is 25.2 Å². The molecule has 4 atom stereocenters. The molecule has 23 heavy (non-hydrogen) atoms. The standard InChI is InChI=1S/C17H16ClNO4/c1-2-22-16(21)13-12-7-8-17(23-12)9-19(15(20)14(13)17)11-5-3-10(18)4-6-11/h3-8,12-14H,2,9H2,1H3/t12-,13+,14+,17+/m1/s1. The molecule has 2 bridgehead atoms. The van der Waals surface area contributed by atoms with Crippen LogP contribution in [0.2, 0.25) is 5.02 Å². The Balaban J connectivity index is 1.68. The van der Waals surface area contributed by atoms with E-state index in [4.69, 9.17) is 21.1 Å². The summed E-state index contributed by atoms with van der Waals surface area (Å²) in [6.45, 7) is 2.45. The number of carbonyl (C=O) groups is 2. The normalized spacial score (nSPS) is 34.1. The highest BCUT2D eigenvalue weighted by molar-refractivity contribution is 6.30. The minimum atomic E-state index is -0.723. The van der Waals surface area contributed by atoms with Crippen LogP contribution < -0.4 is 4.90 Å². The summed E-state index contributed by atoms with van der Waals surface area (Å²) < 4.78 is 11.2. The van der Waals surface area contributed by atoms with Crippen molar-refractivity contribution < 1.29 is 19.1 Å². The number of nitrogens with zero attached hydrogens (tertiary/aromatic N) is 1. The average molecular weight is 334 g/mol. The number of rotatable bonds is 3. The van der Waals surface area contributed by atoms with Crippen LogP contribution in [0.1, 0.15) is 6.92 Å². The molecule has 2 saturated heterocycles. The van der Waals surface area contributed by atoms with Crippen LogP contribution in [0.5, 0.6) is 0 Å². The van der Waals surface area contributed by atoms with Crippen LogP contribution in [0.3, 0.4) is 0 Å². The third kappa shape index (κ3) is 2.03. The van der Waals surface area contributed by atoms with E-state index in [1.54, 1.807) is 36.1 Å². The summed E-state index contributed by atoms with van der Waals surface area (Å²) in [6.07, 6.45) is 3.43. The lowest BCUT2D eigenvalue weighted by Crippen LogP contribution is -2.40. The first-order valence-electron chi connectivity index (χ1n) is 7.66. The molecule has 1 aromatic rings. The van der Waals surface area contributed by atoms with E-state index in [1.165, 1.54) is 0 Å². The molecule has 0 unspecified atom stereocenters. The molecule has 3 aliphatic heterocycles. The smallest absolute Gasteiger partial charge is 0.312 e. The van der Waals surface area contributed by atoms with Crippen molar-refractivity contribution in [3.05, 3.63) is 41.4 Å². The van der Waals surface area contributed by atoms with Gasteiger partial charge in [-0.05, 0) is 31.2 Å². The van der Waals surface area contributed by atoms with Crippen LogP contribution in [0, 0.1) is 11.8 Å². The van der Waals surface area contributed by atoms with E-state index in [9.17, 15) is 9.59 Å². The van der Waals surface area contributed by atoms with Crippen LogP contribution in [0.15, 0.2) is 36.4 Å². The van der Waals surface area contributed by atoms with Gasteiger partial charge in [0.2, 0.25) is 5.91 Å². The van der Waals surface area contributed by atoms with Crippen molar-refractivity contribution in [2.24, 2.45) is 11.8 Å². The molecule has 5 nitrogen and oxygen atoms in total.